The first kappa shape index (κ1) is 15.3. The number of unbranched alkanes of at least 4 members (excludes halogenated alkanes) is 1. The molecule has 1 aliphatic carbocycles. The van der Waals surface area contributed by atoms with Crippen molar-refractivity contribution >= 4 is 29.1 Å². The van der Waals surface area contributed by atoms with E-state index in [0.29, 0.717) is 30.5 Å². The summed E-state index contributed by atoms with van der Waals surface area (Å²) < 4.78 is 0. The number of carbonyl (C=O) groups is 3. The largest absolute Gasteiger partial charge is 0.481 e. The number of ketones is 2. The maximum atomic E-state index is 12.3. The van der Waals surface area contributed by atoms with Crippen molar-refractivity contribution in [2.24, 2.45) is 0 Å². The molecule has 0 spiro atoms. The van der Waals surface area contributed by atoms with Crippen LogP contribution in [-0.4, -0.2) is 29.2 Å². The predicted molar refractivity (Wildman–Crippen MR) is 77.5 cm³/mol. The molecule has 1 aliphatic rings. The summed E-state index contributed by atoms with van der Waals surface area (Å²) >= 11 is 5.97. The third kappa shape index (κ3) is 3.31. The highest BCUT2D eigenvalue weighted by atomic mass is 35.5. The molecule has 2 N–H and O–H groups in total. The number of nitrogens with one attached hydrogen (secondary N) is 1. The molecule has 0 aromatic heterocycles. The van der Waals surface area contributed by atoms with Gasteiger partial charge in [0.15, 0.2) is 0 Å². The van der Waals surface area contributed by atoms with Gasteiger partial charge in [-0.05, 0) is 12.8 Å². The van der Waals surface area contributed by atoms with E-state index in [4.69, 9.17) is 16.7 Å². The molecular weight excluding hydrogens is 294 g/mol. The van der Waals surface area contributed by atoms with Gasteiger partial charge < -0.3 is 10.4 Å². The van der Waals surface area contributed by atoms with Crippen LogP contribution in [0.5, 0.6) is 0 Å². The van der Waals surface area contributed by atoms with Crippen LogP contribution >= 0.6 is 11.6 Å². The summed E-state index contributed by atoms with van der Waals surface area (Å²) in [7, 11) is 0. The van der Waals surface area contributed by atoms with E-state index in [2.05, 4.69) is 5.32 Å². The number of carbonyl (C=O) groups excluding carboxylic acids is 2. The van der Waals surface area contributed by atoms with Crippen LogP contribution in [0.2, 0.25) is 0 Å². The summed E-state index contributed by atoms with van der Waals surface area (Å²) in [6, 6.07) is 6.53. The Balaban J connectivity index is 2.06. The summed E-state index contributed by atoms with van der Waals surface area (Å²) in [5.41, 5.74) is 0.736. The molecule has 0 heterocycles. The van der Waals surface area contributed by atoms with Crippen molar-refractivity contribution in [3.63, 3.8) is 0 Å². The molecule has 0 saturated carbocycles. The van der Waals surface area contributed by atoms with Gasteiger partial charge in [0, 0.05) is 24.1 Å². The third-order valence-electron chi connectivity index (χ3n) is 3.18. The van der Waals surface area contributed by atoms with Gasteiger partial charge in [-0.15, -0.1) is 0 Å². The Bertz CT molecular complexity index is 636. The van der Waals surface area contributed by atoms with Crippen molar-refractivity contribution in [2.45, 2.75) is 19.3 Å². The van der Waals surface area contributed by atoms with E-state index in [9.17, 15) is 14.4 Å². The van der Waals surface area contributed by atoms with Crippen LogP contribution in [0.3, 0.4) is 0 Å². The molecule has 0 unspecified atom stereocenters. The number of hydrogen-bond acceptors (Lipinski definition) is 4. The number of carboxylic acids is 1. The van der Waals surface area contributed by atoms with Crippen molar-refractivity contribution in [2.75, 3.05) is 6.54 Å². The minimum atomic E-state index is -0.856. The van der Waals surface area contributed by atoms with Crippen LogP contribution in [0.15, 0.2) is 35.0 Å². The van der Waals surface area contributed by atoms with E-state index in [0.717, 1.165) is 0 Å². The van der Waals surface area contributed by atoms with Gasteiger partial charge in [-0.2, -0.15) is 0 Å². The second kappa shape index (κ2) is 6.54. The summed E-state index contributed by atoms with van der Waals surface area (Å²) in [5, 5.41) is 11.3. The average molecular weight is 308 g/mol. The molecule has 6 heteroatoms. The van der Waals surface area contributed by atoms with Crippen LogP contribution < -0.4 is 5.32 Å². The number of aliphatic carboxylic acids is 1. The molecule has 2 rings (SSSR count). The first-order valence-electron chi connectivity index (χ1n) is 6.56. The Labute approximate surface area is 126 Å². The van der Waals surface area contributed by atoms with E-state index in [1.54, 1.807) is 24.3 Å². The van der Waals surface area contributed by atoms with Gasteiger partial charge in [-0.1, -0.05) is 35.9 Å². The fraction of sp³-hybridized carbons (Fsp3) is 0.267. The molecule has 110 valence electrons. The zero-order valence-corrected chi connectivity index (χ0v) is 11.9. The quantitative estimate of drug-likeness (QED) is 0.788. The Kier molecular flexibility index (Phi) is 4.75. The van der Waals surface area contributed by atoms with Crippen molar-refractivity contribution < 1.29 is 19.5 Å². The molecule has 0 atom stereocenters. The molecule has 0 saturated heterocycles. The summed E-state index contributed by atoms with van der Waals surface area (Å²) in [4.78, 5) is 34.8. The molecule has 5 nitrogen and oxygen atoms in total. The Morgan fingerprint density at radius 1 is 1.10 bits per heavy atom. The van der Waals surface area contributed by atoms with Gasteiger partial charge in [0.05, 0.1) is 0 Å². The fourth-order valence-electron chi connectivity index (χ4n) is 2.12. The fourth-order valence-corrected chi connectivity index (χ4v) is 2.37. The van der Waals surface area contributed by atoms with Crippen LogP contribution in [0.4, 0.5) is 0 Å². The summed E-state index contributed by atoms with van der Waals surface area (Å²) in [6.07, 6.45) is 1.14. The first-order chi connectivity index (χ1) is 10.0. The van der Waals surface area contributed by atoms with E-state index in [1.807, 2.05) is 0 Å². The molecule has 0 radical (unpaired) electrons. The number of rotatable bonds is 6. The number of fused-ring (bicyclic) bond motifs is 1. The zero-order chi connectivity index (χ0) is 15.4. The van der Waals surface area contributed by atoms with Crippen LogP contribution in [0.25, 0.3) is 0 Å². The minimum Gasteiger partial charge on any atom is -0.481 e. The summed E-state index contributed by atoms with van der Waals surface area (Å²) in [6.45, 7) is 0.389. The van der Waals surface area contributed by atoms with E-state index in [1.165, 1.54) is 0 Å². The van der Waals surface area contributed by atoms with Crippen molar-refractivity contribution in [1.29, 1.82) is 0 Å². The van der Waals surface area contributed by atoms with Crippen LogP contribution in [0.1, 0.15) is 40.0 Å². The molecule has 0 aliphatic heterocycles. The average Bonchev–Trinajstić information content (AvgIpc) is 2.47. The predicted octanol–water partition coefficient (Wildman–Crippen LogP) is 2.36. The van der Waals surface area contributed by atoms with Crippen molar-refractivity contribution in [1.82, 2.24) is 5.32 Å². The van der Waals surface area contributed by atoms with Gasteiger partial charge in [-0.3, -0.25) is 14.4 Å². The maximum absolute atomic E-state index is 12.3. The molecule has 21 heavy (non-hydrogen) atoms. The van der Waals surface area contributed by atoms with Gasteiger partial charge in [-0.25, -0.2) is 0 Å². The van der Waals surface area contributed by atoms with E-state index in [-0.39, 0.29) is 28.7 Å². The number of carboxylic acid groups (broad SMARTS) is 1. The molecular formula is C15H14ClNO4. The highest BCUT2D eigenvalue weighted by molar-refractivity contribution is 6.49. The second-order valence-electron chi connectivity index (χ2n) is 4.67. The van der Waals surface area contributed by atoms with Gasteiger partial charge >= 0.3 is 5.97 Å². The number of allylic oxidation sites excluding steroid dienone is 2. The zero-order valence-electron chi connectivity index (χ0n) is 11.2. The van der Waals surface area contributed by atoms with E-state index >= 15 is 0 Å². The van der Waals surface area contributed by atoms with Crippen LogP contribution in [-0.2, 0) is 4.79 Å². The highest BCUT2D eigenvalue weighted by Gasteiger charge is 2.30. The van der Waals surface area contributed by atoms with Gasteiger partial charge in [0.1, 0.15) is 10.7 Å². The summed E-state index contributed by atoms with van der Waals surface area (Å²) in [5.74, 6) is -1.54. The number of halogens is 1. The maximum Gasteiger partial charge on any atom is 0.303 e. The number of Topliss-reactive ketones (excluding diaryl/α,β-unsaturated/α-hetero) is 2. The Morgan fingerprint density at radius 3 is 2.33 bits per heavy atom. The molecule has 0 bridgehead atoms. The normalized spacial score (nSPS) is 14.1. The molecule has 1 aromatic carbocycles. The minimum absolute atomic E-state index is 0.0736. The third-order valence-corrected chi connectivity index (χ3v) is 3.54. The lowest BCUT2D eigenvalue weighted by molar-refractivity contribution is -0.137. The van der Waals surface area contributed by atoms with Crippen LogP contribution in [0, 0.1) is 0 Å². The Morgan fingerprint density at radius 2 is 1.71 bits per heavy atom. The van der Waals surface area contributed by atoms with Crippen molar-refractivity contribution in [3.8, 4) is 0 Å². The van der Waals surface area contributed by atoms with Gasteiger partial charge in [0.2, 0.25) is 11.6 Å². The monoisotopic (exact) mass is 307 g/mol. The SMILES string of the molecule is O=C(O)CCCCNC1=C(Cl)C(=O)c2ccccc2C1=O. The van der Waals surface area contributed by atoms with E-state index < -0.39 is 5.97 Å². The second-order valence-corrected chi connectivity index (χ2v) is 5.05. The standard InChI is InChI=1S/C15H14ClNO4/c16-12-13(17-8-4-3-7-11(18)19)15(21)10-6-2-1-5-9(10)14(12)20/h1-2,5-6,17H,3-4,7-8H2,(H,18,19). The number of hydrogen-bond donors (Lipinski definition) is 2. The smallest absolute Gasteiger partial charge is 0.303 e. The lowest BCUT2D eigenvalue weighted by atomic mass is 9.92. The lowest BCUT2D eigenvalue weighted by Gasteiger charge is -2.18. The highest BCUT2D eigenvalue weighted by Crippen LogP contribution is 2.27. The lowest BCUT2D eigenvalue weighted by Crippen LogP contribution is -2.29. The Hall–Kier alpha value is -2.14. The first-order valence-corrected chi connectivity index (χ1v) is 6.94. The topological polar surface area (TPSA) is 83.5 Å². The van der Waals surface area contributed by atoms with Gasteiger partial charge in [0.25, 0.3) is 0 Å². The molecule has 0 amide bonds. The molecule has 1 aromatic rings. The van der Waals surface area contributed by atoms with Crippen molar-refractivity contribution in [3.05, 3.63) is 46.1 Å². The number of benzene rings is 1. The molecule has 0 fully saturated rings.